The minimum atomic E-state index is -0.142. The van der Waals surface area contributed by atoms with Crippen LogP contribution in [0.15, 0.2) is 30.6 Å². The van der Waals surface area contributed by atoms with Gasteiger partial charge in [-0.25, -0.2) is 9.97 Å². The molecule has 1 saturated heterocycles. The van der Waals surface area contributed by atoms with Crippen LogP contribution in [0.25, 0.3) is 0 Å². The van der Waals surface area contributed by atoms with Gasteiger partial charge in [0.05, 0.1) is 11.3 Å². The number of nitriles is 1. The number of carbonyl (C=O) groups is 1. The fraction of sp³-hybridized carbons (Fsp3) is 0.520. The summed E-state index contributed by atoms with van der Waals surface area (Å²) < 4.78 is 0. The number of nitrogens with zero attached hydrogens (tertiary/aromatic N) is 6. The maximum absolute atomic E-state index is 12.7. The lowest BCUT2D eigenvalue weighted by atomic mass is 10.1. The molecule has 1 N–H and O–H groups in total. The quantitative estimate of drug-likeness (QED) is 0.621. The van der Waals surface area contributed by atoms with Crippen LogP contribution in [0.2, 0.25) is 0 Å². The van der Waals surface area contributed by atoms with Gasteiger partial charge in [0.15, 0.2) is 5.82 Å². The van der Waals surface area contributed by atoms with Crippen LogP contribution in [0, 0.1) is 11.3 Å². The molecule has 0 bridgehead atoms. The minimum Gasteiger partial charge on any atom is -0.354 e. The molecule has 2 aliphatic heterocycles. The number of nitrogens with one attached hydrogen (secondary N) is 1. The van der Waals surface area contributed by atoms with E-state index in [1.54, 1.807) is 6.20 Å². The van der Waals surface area contributed by atoms with Crippen molar-refractivity contribution in [3.8, 4) is 6.07 Å². The molecule has 1 unspecified atom stereocenters. The Bertz CT molecular complexity index is 993. The van der Waals surface area contributed by atoms with E-state index in [0.717, 1.165) is 87.8 Å². The molecule has 2 aromatic rings. The van der Waals surface area contributed by atoms with Crippen molar-refractivity contribution in [1.82, 2.24) is 14.9 Å². The molecular weight excluding hydrogens is 414 g/mol. The molecule has 8 heteroatoms. The summed E-state index contributed by atoms with van der Waals surface area (Å²) in [5.41, 5.74) is 2.53. The number of anilines is 3. The Labute approximate surface area is 196 Å². The van der Waals surface area contributed by atoms with Gasteiger partial charge < -0.3 is 15.1 Å². The lowest BCUT2D eigenvalue weighted by molar-refractivity contribution is -0.117. The monoisotopic (exact) mass is 447 g/mol. The summed E-state index contributed by atoms with van der Waals surface area (Å²) in [7, 11) is 0. The topological polar surface area (TPSA) is 88.4 Å². The van der Waals surface area contributed by atoms with Gasteiger partial charge in [-0.1, -0.05) is 26.7 Å². The van der Waals surface area contributed by atoms with E-state index in [0.29, 0.717) is 5.56 Å². The summed E-state index contributed by atoms with van der Waals surface area (Å²) in [6.45, 7) is 9.54. The van der Waals surface area contributed by atoms with E-state index in [-0.39, 0.29) is 11.9 Å². The summed E-state index contributed by atoms with van der Waals surface area (Å²) in [5, 5.41) is 12.0. The van der Waals surface area contributed by atoms with E-state index >= 15 is 0 Å². The highest BCUT2D eigenvalue weighted by Crippen LogP contribution is 2.32. The Hall–Kier alpha value is -3.18. The van der Waals surface area contributed by atoms with Crippen molar-refractivity contribution in [2.75, 3.05) is 47.8 Å². The maximum Gasteiger partial charge on any atom is 0.247 e. The molecule has 0 radical (unpaired) electrons. The number of hydrogen-bond donors (Lipinski definition) is 1. The molecule has 1 amide bonds. The predicted octanol–water partition coefficient (Wildman–Crippen LogP) is 3.40. The first kappa shape index (κ1) is 23.0. The largest absolute Gasteiger partial charge is 0.354 e. The van der Waals surface area contributed by atoms with Crippen molar-refractivity contribution in [2.45, 2.75) is 52.1 Å². The van der Waals surface area contributed by atoms with Gasteiger partial charge >= 0.3 is 0 Å². The zero-order valence-electron chi connectivity index (χ0n) is 19.6. The van der Waals surface area contributed by atoms with Crippen molar-refractivity contribution in [3.05, 3.63) is 41.7 Å². The number of pyridine rings is 2. The van der Waals surface area contributed by atoms with Gasteiger partial charge in [0.25, 0.3) is 0 Å². The molecule has 4 heterocycles. The third kappa shape index (κ3) is 5.25. The fourth-order valence-corrected chi connectivity index (χ4v) is 4.65. The number of carbonyl (C=O) groups excluding carboxylic acids is 1. The summed E-state index contributed by atoms with van der Waals surface area (Å²) in [5.74, 6) is 1.89. The third-order valence-electron chi connectivity index (χ3n) is 6.50. The van der Waals surface area contributed by atoms with E-state index < -0.39 is 0 Å². The lowest BCUT2D eigenvalue weighted by Crippen LogP contribution is -2.48. The van der Waals surface area contributed by atoms with E-state index in [9.17, 15) is 4.79 Å². The van der Waals surface area contributed by atoms with Gasteiger partial charge in [0, 0.05) is 51.7 Å². The number of aromatic nitrogens is 2. The molecule has 0 spiro atoms. The zero-order chi connectivity index (χ0) is 23.2. The highest BCUT2D eigenvalue weighted by Gasteiger charge is 2.32. The first-order chi connectivity index (χ1) is 16.1. The van der Waals surface area contributed by atoms with E-state index in [1.165, 1.54) is 0 Å². The normalized spacial score (nSPS) is 18.6. The van der Waals surface area contributed by atoms with Crippen LogP contribution in [0.1, 0.15) is 50.7 Å². The maximum atomic E-state index is 12.7. The van der Waals surface area contributed by atoms with Crippen LogP contribution >= 0.6 is 0 Å². The van der Waals surface area contributed by atoms with Gasteiger partial charge in [0.2, 0.25) is 5.91 Å². The third-order valence-corrected chi connectivity index (χ3v) is 6.50. The van der Waals surface area contributed by atoms with Gasteiger partial charge in [0.1, 0.15) is 17.9 Å². The number of piperazine rings is 1. The number of hydrogen-bond acceptors (Lipinski definition) is 7. The van der Waals surface area contributed by atoms with Crippen molar-refractivity contribution in [2.24, 2.45) is 0 Å². The molecule has 33 heavy (non-hydrogen) atoms. The molecular formula is C25H33N7O. The highest BCUT2D eigenvalue weighted by atomic mass is 16.2. The summed E-state index contributed by atoms with van der Waals surface area (Å²) in [6.07, 6.45) is 7.75. The second kappa shape index (κ2) is 10.6. The van der Waals surface area contributed by atoms with E-state index in [2.05, 4.69) is 51.0 Å². The Morgan fingerprint density at radius 2 is 1.94 bits per heavy atom. The molecule has 0 saturated carbocycles. The second-order valence-electron chi connectivity index (χ2n) is 8.81. The van der Waals surface area contributed by atoms with Crippen LogP contribution in [-0.4, -0.2) is 59.5 Å². The number of amides is 1. The summed E-state index contributed by atoms with van der Waals surface area (Å²) >= 11 is 0. The summed E-state index contributed by atoms with van der Waals surface area (Å²) in [6, 6.07) is 7.79. The van der Waals surface area contributed by atoms with Crippen LogP contribution in [-0.2, 0) is 11.3 Å². The molecule has 2 aliphatic rings. The average molecular weight is 448 g/mol. The summed E-state index contributed by atoms with van der Waals surface area (Å²) in [4.78, 5) is 28.8. The molecule has 174 valence electrons. The van der Waals surface area contributed by atoms with Crippen LogP contribution < -0.4 is 15.1 Å². The lowest BCUT2D eigenvalue weighted by Gasteiger charge is -2.37. The van der Waals surface area contributed by atoms with Gasteiger partial charge in [-0.15, -0.1) is 0 Å². The average Bonchev–Trinajstić information content (AvgIpc) is 2.84. The smallest absolute Gasteiger partial charge is 0.247 e. The molecule has 0 aliphatic carbocycles. The molecule has 2 aromatic heterocycles. The SMILES string of the molecule is CCCCCN1c2ncc(CN3CCN(c4ccc(C#N)cn4)CC3)cc2NC(=O)C1CC. The first-order valence-corrected chi connectivity index (χ1v) is 12.0. The van der Waals surface area contributed by atoms with Crippen molar-refractivity contribution in [1.29, 1.82) is 5.26 Å². The van der Waals surface area contributed by atoms with E-state index in [4.69, 9.17) is 10.2 Å². The predicted molar refractivity (Wildman–Crippen MR) is 130 cm³/mol. The first-order valence-electron chi connectivity index (χ1n) is 12.0. The molecule has 1 atom stereocenters. The number of rotatable bonds is 8. The zero-order valence-corrected chi connectivity index (χ0v) is 19.6. The Morgan fingerprint density at radius 1 is 1.12 bits per heavy atom. The minimum absolute atomic E-state index is 0.0731. The molecule has 0 aromatic carbocycles. The van der Waals surface area contributed by atoms with Crippen molar-refractivity contribution in [3.63, 3.8) is 0 Å². The van der Waals surface area contributed by atoms with Crippen LogP contribution in [0.5, 0.6) is 0 Å². The molecule has 8 nitrogen and oxygen atoms in total. The van der Waals surface area contributed by atoms with E-state index in [1.807, 2.05) is 18.3 Å². The van der Waals surface area contributed by atoms with Crippen molar-refractivity contribution < 1.29 is 4.79 Å². The van der Waals surface area contributed by atoms with Crippen LogP contribution in [0.4, 0.5) is 17.3 Å². The Morgan fingerprint density at radius 3 is 2.61 bits per heavy atom. The van der Waals surface area contributed by atoms with Gasteiger partial charge in [-0.3, -0.25) is 9.69 Å². The van der Waals surface area contributed by atoms with Crippen molar-refractivity contribution >= 4 is 23.2 Å². The number of fused-ring (bicyclic) bond motifs is 1. The Balaban J connectivity index is 1.39. The second-order valence-corrected chi connectivity index (χ2v) is 8.81. The van der Waals surface area contributed by atoms with Gasteiger partial charge in [-0.05, 0) is 36.6 Å². The molecule has 4 rings (SSSR count). The molecule has 1 fully saturated rings. The van der Waals surface area contributed by atoms with Crippen LogP contribution in [0.3, 0.4) is 0 Å². The fourth-order valence-electron chi connectivity index (χ4n) is 4.65. The Kier molecular flexibility index (Phi) is 7.40. The standard InChI is InChI=1S/C25H33N7O/c1-3-5-6-9-32-22(4-2)25(33)29-21-14-20(17-28-24(21)32)18-30-10-12-31(13-11-30)23-8-7-19(15-26)16-27-23/h7-8,14,16-17,22H,3-6,9-13,18H2,1-2H3,(H,29,33). The number of unbranched alkanes of at least 4 members (excludes halogenated alkanes) is 2. The van der Waals surface area contributed by atoms with Gasteiger partial charge in [-0.2, -0.15) is 5.26 Å². The highest BCUT2D eigenvalue weighted by molar-refractivity contribution is 6.02.